The molecule has 2 aromatic rings. The van der Waals surface area contributed by atoms with Crippen molar-refractivity contribution < 1.29 is 19.3 Å². The quantitative estimate of drug-likeness (QED) is 0.372. The molecule has 31 heavy (non-hydrogen) atoms. The predicted molar refractivity (Wildman–Crippen MR) is 111 cm³/mol. The van der Waals surface area contributed by atoms with Crippen molar-refractivity contribution in [2.24, 2.45) is 0 Å². The van der Waals surface area contributed by atoms with E-state index in [4.69, 9.17) is 0 Å². The topological polar surface area (TPSA) is 130 Å². The lowest BCUT2D eigenvalue weighted by Crippen LogP contribution is -2.48. The van der Waals surface area contributed by atoms with Gasteiger partial charge in [-0.25, -0.2) is 0 Å². The summed E-state index contributed by atoms with van der Waals surface area (Å²) in [7, 11) is 0. The van der Waals surface area contributed by atoms with E-state index >= 15 is 0 Å². The van der Waals surface area contributed by atoms with Crippen molar-refractivity contribution in [3.05, 3.63) is 44.4 Å². The van der Waals surface area contributed by atoms with E-state index < -0.39 is 16.7 Å². The van der Waals surface area contributed by atoms with Crippen molar-refractivity contribution in [3.8, 4) is 0 Å². The molecule has 1 aromatic carbocycles. The van der Waals surface area contributed by atoms with Gasteiger partial charge in [-0.15, -0.1) is 10.2 Å². The molecular formula is C19H20N6O5S. The number of anilines is 1. The number of aryl methyl sites for hydroxylation is 1. The second-order valence-electron chi connectivity index (χ2n) is 7.29. The Hall–Kier alpha value is -3.41. The number of benzene rings is 1. The molecule has 1 aromatic heterocycles. The minimum Gasteiger partial charge on any atom is -0.343 e. The molecule has 0 atom stereocenters. The maximum Gasteiger partial charge on any atom is 0.282 e. The highest BCUT2D eigenvalue weighted by Gasteiger charge is 2.40. The van der Waals surface area contributed by atoms with Crippen LogP contribution in [0.25, 0.3) is 0 Å². The van der Waals surface area contributed by atoms with Crippen LogP contribution in [0, 0.1) is 17.0 Å². The molecule has 3 amide bonds. The summed E-state index contributed by atoms with van der Waals surface area (Å²) in [5, 5.41) is 21.1. The highest BCUT2D eigenvalue weighted by Crippen LogP contribution is 2.30. The van der Waals surface area contributed by atoms with Crippen LogP contribution in [-0.4, -0.2) is 75.4 Å². The van der Waals surface area contributed by atoms with E-state index in [2.05, 4.69) is 15.1 Å². The fraction of sp³-hybridized carbons (Fsp3) is 0.421. The molecule has 11 nitrogen and oxygen atoms in total. The Bertz CT molecular complexity index is 1060. The summed E-state index contributed by atoms with van der Waals surface area (Å²) in [4.78, 5) is 53.0. The molecule has 0 unspecified atom stereocenters. The minimum absolute atomic E-state index is 0.0357. The monoisotopic (exact) mass is 444 g/mol. The number of fused-ring (bicyclic) bond motifs is 1. The molecule has 3 heterocycles. The molecule has 0 spiro atoms. The number of carbonyl (C=O) groups excluding carboxylic acids is 3. The third-order valence-corrected chi connectivity index (χ3v) is 6.26. The SMILES string of the molecule is Cc1nnc(N2CCN(C(=O)CCCN3C(=O)c4cccc([N+](=O)[O-])c4C3=O)CC2)s1. The third kappa shape index (κ3) is 3.98. The van der Waals surface area contributed by atoms with E-state index in [1.54, 1.807) is 4.90 Å². The Labute approximate surface area is 181 Å². The summed E-state index contributed by atoms with van der Waals surface area (Å²) in [5.41, 5.74) is -0.515. The van der Waals surface area contributed by atoms with Gasteiger partial charge >= 0.3 is 0 Å². The first-order valence-electron chi connectivity index (χ1n) is 9.83. The number of amides is 3. The molecule has 0 N–H and O–H groups in total. The van der Waals surface area contributed by atoms with Crippen LogP contribution in [0.15, 0.2) is 18.2 Å². The molecular weight excluding hydrogens is 424 g/mol. The van der Waals surface area contributed by atoms with E-state index in [9.17, 15) is 24.5 Å². The number of piperazine rings is 1. The second kappa shape index (κ2) is 8.38. The number of imide groups is 1. The second-order valence-corrected chi connectivity index (χ2v) is 8.45. The van der Waals surface area contributed by atoms with Crippen LogP contribution in [0.5, 0.6) is 0 Å². The average molecular weight is 444 g/mol. The Morgan fingerprint density at radius 2 is 1.90 bits per heavy atom. The Morgan fingerprint density at radius 3 is 2.55 bits per heavy atom. The van der Waals surface area contributed by atoms with Gasteiger partial charge in [-0.05, 0) is 19.4 Å². The van der Waals surface area contributed by atoms with Gasteiger partial charge in [-0.1, -0.05) is 17.4 Å². The lowest BCUT2D eigenvalue weighted by molar-refractivity contribution is -0.385. The highest BCUT2D eigenvalue weighted by atomic mass is 32.1. The van der Waals surface area contributed by atoms with Gasteiger partial charge < -0.3 is 9.80 Å². The summed E-state index contributed by atoms with van der Waals surface area (Å²) in [6.07, 6.45) is 0.487. The molecule has 2 aliphatic rings. The van der Waals surface area contributed by atoms with Crippen LogP contribution in [-0.2, 0) is 4.79 Å². The zero-order chi connectivity index (χ0) is 22.1. The van der Waals surface area contributed by atoms with Gasteiger partial charge in [0.2, 0.25) is 11.0 Å². The molecule has 1 saturated heterocycles. The number of carbonyl (C=O) groups is 3. The first kappa shape index (κ1) is 20.8. The molecule has 12 heteroatoms. The number of nitro benzene ring substituents is 1. The smallest absolute Gasteiger partial charge is 0.282 e. The Balaban J connectivity index is 1.29. The molecule has 0 saturated carbocycles. The summed E-state index contributed by atoms with van der Waals surface area (Å²) >= 11 is 1.52. The maximum absolute atomic E-state index is 12.6. The van der Waals surface area contributed by atoms with Gasteiger partial charge in [0.1, 0.15) is 10.6 Å². The lowest BCUT2D eigenvalue weighted by atomic mass is 10.1. The fourth-order valence-electron chi connectivity index (χ4n) is 3.78. The van der Waals surface area contributed by atoms with Crippen LogP contribution < -0.4 is 4.90 Å². The number of hydrogen-bond donors (Lipinski definition) is 0. The zero-order valence-corrected chi connectivity index (χ0v) is 17.6. The van der Waals surface area contributed by atoms with Crippen molar-refractivity contribution in [2.75, 3.05) is 37.6 Å². The van der Waals surface area contributed by atoms with E-state index in [-0.39, 0.29) is 35.7 Å². The fourth-order valence-corrected chi connectivity index (χ4v) is 4.52. The Kier molecular flexibility index (Phi) is 5.63. The summed E-state index contributed by atoms with van der Waals surface area (Å²) in [5.74, 6) is -1.28. The normalized spacial score (nSPS) is 16.1. The molecule has 162 valence electrons. The highest BCUT2D eigenvalue weighted by molar-refractivity contribution is 7.15. The van der Waals surface area contributed by atoms with E-state index in [0.717, 1.165) is 15.0 Å². The number of rotatable bonds is 6. The largest absolute Gasteiger partial charge is 0.343 e. The first-order chi connectivity index (χ1) is 14.9. The molecule has 2 aliphatic heterocycles. The van der Waals surface area contributed by atoms with E-state index in [0.29, 0.717) is 32.6 Å². The minimum atomic E-state index is -0.680. The average Bonchev–Trinajstić information content (AvgIpc) is 3.30. The van der Waals surface area contributed by atoms with Crippen LogP contribution >= 0.6 is 11.3 Å². The van der Waals surface area contributed by atoms with Crippen molar-refractivity contribution in [1.29, 1.82) is 0 Å². The molecule has 0 radical (unpaired) electrons. The van der Waals surface area contributed by atoms with Crippen LogP contribution in [0.3, 0.4) is 0 Å². The number of nitrogens with zero attached hydrogens (tertiary/aromatic N) is 6. The number of hydrogen-bond acceptors (Lipinski definition) is 9. The van der Waals surface area contributed by atoms with Crippen LogP contribution in [0.1, 0.15) is 38.6 Å². The number of nitro groups is 1. The molecule has 1 fully saturated rings. The summed E-state index contributed by atoms with van der Waals surface area (Å²) in [6, 6.07) is 4.00. The lowest BCUT2D eigenvalue weighted by Gasteiger charge is -2.34. The van der Waals surface area contributed by atoms with Gasteiger partial charge in [0.15, 0.2) is 0 Å². The molecule has 4 rings (SSSR count). The third-order valence-electron chi connectivity index (χ3n) is 5.36. The van der Waals surface area contributed by atoms with Gasteiger partial charge in [0.05, 0.1) is 10.5 Å². The summed E-state index contributed by atoms with van der Waals surface area (Å²) < 4.78 is 0. The van der Waals surface area contributed by atoms with Gasteiger partial charge in [-0.2, -0.15) is 0 Å². The maximum atomic E-state index is 12.6. The van der Waals surface area contributed by atoms with E-state index in [1.165, 1.54) is 29.5 Å². The predicted octanol–water partition coefficient (Wildman–Crippen LogP) is 1.48. The Morgan fingerprint density at radius 1 is 1.16 bits per heavy atom. The first-order valence-corrected chi connectivity index (χ1v) is 10.6. The molecule has 0 aliphatic carbocycles. The van der Waals surface area contributed by atoms with Crippen molar-refractivity contribution >= 4 is 39.9 Å². The van der Waals surface area contributed by atoms with Crippen LogP contribution in [0.4, 0.5) is 10.8 Å². The van der Waals surface area contributed by atoms with E-state index in [1.807, 2.05) is 6.92 Å². The van der Waals surface area contributed by atoms with Crippen molar-refractivity contribution in [3.63, 3.8) is 0 Å². The molecule has 0 bridgehead atoms. The van der Waals surface area contributed by atoms with Crippen LogP contribution in [0.2, 0.25) is 0 Å². The van der Waals surface area contributed by atoms with Gasteiger partial charge in [0, 0.05) is 45.2 Å². The van der Waals surface area contributed by atoms with Gasteiger partial charge in [-0.3, -0.25) is 29.4 Å². The zero-order valence-electron chi connectivity index (χ0n) is 16.8. The standard InChI is InChI=1S/C19H20N6O5S/c1-12-20-21-19(31-12)23-10-8-22(9-11-23)15(26)6-3-7-24-17(27)13-4-2-5-14(25(29)30)16(13)18(24)28/h2,4-5H,3,6-11H2,1H3. The van der Waals surface area contributed by atoms with Crippen molar-refractivity contribution in [1.82, 2.24) is 20.0 Å². The van der Waals surface area contributed by atoms with Crippen molar-refractivity contribution in [2.45, 2.75) is 19.8 Å². The number of aromatic nitrogens is 2. The summed E-state index contributed by atoms with van der Waals surface area (Å²) in [6.45, 7) is 4.41. The van der Waals surface area contributed by atoms with Gasteiger partial charge in [0.25, 0.3) is 17.5 Å².